The van der Waals surface area contributed by atoms with Crippen LogP contribution in [0, 0.1) is 5.41 Å². The highest BCUT2D eigenvalue weighted by molar-refractivity contribution is 4.96. The minimum Gasteiger partial charge on any atom is -0.444 e. The number of piperazine rings is 1. The lowest BCUT2D eigenvalue weighted by atomic mass is 9.85. The van der Waals surface area contributed by atoms with Crippen molar-refractivity contribution in [1.29, 1.82) is 0 Å². The van der Waals surface area contributed by atoms with E-state index >= 15 is 0 Å². The van der Waals surface area contributed by atoms with Crippen LogP contribution < -0.4 is 5.32 Å². The molecule has 4 heteroatoms. The molecule has 0 amide bonds. The Morgan fingerprint density at radius 2 is 2.21 bits per heavy atom. The van der Waals surface area contributed by atoms with E-state index in [1.165, 1.54) is 0 Å². The number of hydrogen-bond acceptors (Lipinski definition) is 4. The van der Waals surface area contributed by atoms with Crippen LogP contribution in [0.2, 0.25) is 0 Å². The highest BCUT2D eigenvalue weighted by Crippen LogP contribution is 2.24. The van der Waals surface area contributed by atoms with Crippen LogP contribution in [0.3, 0.4) is 0 Å². The van der Waals surface area contributed by atoms with Gasteiger partial charge in [0.2, 0.25) is 5.89 Å². The Morgan fingerprint density at radius 3 is 2.79 bits per heavy atom. The van der Waals surface area contributed by atoms with Crippen molar-refractivity contribution >= 4 is 0 Å². The zero-order valence-electron chi connectivity index (χ0n) is 12.9. The molecular weight excluding hydrogens is 238 g/mol. The number of aryl methyl sites for hydroxylation is 1. The zero-order valence-corrected chi connectivity index (χ0v) is 12.9. The minimum atomic E-state index is 0.281. The number of nitrogens with one attached hydrogen (secondary N) is 1. The summed E-state index contributed by atoms with van der Waals surface area (Å²) in [6, 6.07) is 1.04. The Morgan fingerprint density at radius 1 is 1.47 bits per heavy atom. The second-order valence-electron chi connectivity index (χ2n) is 6.68. The highest BCUT2D eigenvalue weighted by Gasteiger charge is 2.32. The monoisotopic (exact) mass is 265 g/mol. The van der Waals surface area contributed by atoms with Gasteiger partial charge in [-0.2, -0.15) is 0 Å². The van der Waals surface area contributed by atoms with Crippen LogP contribution in [0.1, 0.15) is 46.3 Å². The molecule has 0 saturated carbocycles. The molecule has 2 atom stereocenters. The van der Waals surface area contributed by atoms with E-state index in [0.717, 1.165) is 37.7 Å². The fourth-order valence-corrected chi connectivity index (χ4v) is 2.48. The van der Waals surface area contributed by atoms with Gasteiger partial charge < -0.3 is 9.73 Å². The maximum atomic E-state index is 5.73. The van der Waals surface area contributed by atoms with Crippen molar-refractivity contribution in [3.8, 4) is 0 Å². The van der Waals surface area contributed by atoms with Gasteiger partial charge in [0.15, 0.2) is 0 Å². The number of hydrogen-bond donors (Lipinski definition) is 1. The maximum Gasteiger partial charge on any atom is 0.208 e. The van der Waals surface area contributed by atoms with Crippen LogP contribution >= 0.6 is 0 Å². The molecule has 0 radical (unpaired) electrons. The molecule has 0 bridgehead atoms. The molecule has 1 aromatic heterocycles. The summed E-state index contributed by atoms with van der Waals surface area (Å²) in [5.41, 5.74) is 0.281. The molecule has 1 saturated heterocycles. The number of rotatable bonds is 3. The van der Waals surface area contributed by atoms with Gasteiger partial charge in [-0.25, -0.2) is 4.98 Å². The average Bonchev–Trinajstić information content (AvgIpc) is 2.78. The zero-order chi connectivity index (χ0) is 14.0. The molecule has 1 aromatic rings. The van der Waals surface area contributed by atoms with E-state index in [9.17, 15) is 0 Å². The third-order valence-corrected chi connectivity index (χ3v) is 4.03. The topological polar surface area (TPSA) is 41.3 Å². The fraction of sp³-hybridized carbons (Fsp3) is 0.800. The highest BCUT2D eigenvalue weighted by atomic mass is 16.4. The molecule has 1 fully saturated rings. The maximum absolute atomic E-state index is 5.73. The summed E-state index contributed by atoms with van der Waals surface area (Å²) in [4.78, 5) is 6.84. The first-order valence-corrected chi connectivity index (χ1v) is 7.31. The quantitative estimate of drug-likeness (QED) is 0.911. The van der Waals surface area contributed by atoms with E-state index in [1.807, 2.05) is 6.20 Å². The van der Waals surface area contributed by atoms with Crippen LogP contribution in [0.15, 0.2) is 10.6 Å². The van der Waals surface area contributed by atoms with Crippen molar-refractivity contribution in [2.24, 2.45) is 5.41 Å². The molecule has 108 valence electrons. The molecule has 1 aliphatic heterocycles. The van der Waals surface area contributed by atoms with Crippen molar-refractivity contribution in [3.63, 3.8) is 0 Å². The van der Waals surface area contributed by atoms with Crippen LogP contribution in [-0.2, 0) is 13.0 Å². The second-order valence-corrected chi connectivity index (χ2v) is 6.68. The molecule has 4 nitrogen and oxygen atoms in total. The van der Waals surface area contributed by atoms with Crippen LogP contribution in [-0.4, -0.2) is 35.1 Å². The van der Waals surface area contributed by atoms with Gasteiger partial charge in [0, 0.05) is 31.6 Å². The first-order chi connectivity index (χ1) is 8.90. The third kappa shape index (κ3) is 3.57. The Balaban J connectivity index is 2.01. The van der Waals surface area contributed by atoms with Crippen molar-refractivity contribution in [1.82, 2.24) is 15.2 Å². The lowest BCUT2D eigenvalue weighted by Crippen LogP contribution is -2.59. The van der Waals surface area contributed by atoms with E-state index in [-0.39, 0.29) is 5.41 Å². The van der Waals surface area contributed by atoms with Crippen LogP contribution in [0.25, 0.3) is 0 Å². The first kappa shape index (κ1) is 14.5. The van der Waals surface area contributed by atoms with Gasteiger partial charge >= 0.3 is 0 Å². The third-order valence-electron chi connectivity index (χ3n) is 4.03. The predicted octanol–water partition coefficient (Wildman–Crippen LogP) is 2.45. The molecule has 1 aliphatic rings. The summed E-state index contributed by atoms with van der Waals surface area (Å²) in [6.07, 6.45) is 2.76. The standard InChI is InChI=1S/C15H27N3O/c1-6-12-8-17-14(19-12)10-18-9-13(15(3,4)5)16-7-11(18)2/h8,11,13,16H,6-7,9-10H2,1-5H3. The Kier molecular flexibility index (Phi) is 4.31. The molecule has 1 N–H and O–H groups in total. The van der Waals surface area contributed by atoms with E-state index in [4.69, 9.17) is 4.42 Å². The second kappa shape index (κ2) is 5.63. The van der Waals surface area contributed by atoms with Gasteiger partial charge in [-0.15, -0.1) is 0 Å². The van der Waals surface area contributed by atoms with Crippen LogP contribution in [0.5, 0.6) is 0 Å². The lowest BCUT2D eigenvalue weighted by molar-refractivity contribution is 0.0801. The van der Waals surface area contributed by atoms with Gasteiger partial charge in [0.1, 0.15) is 5.76 Å². The molecule has 0 aliphatic carbocycles. The Bertz CT molecular complexity index is 408. The van der Waals surface area contributed by atoms with Crippen LogP contribution in [0.4, 0.5) is 0 Å². The van der Waals surface area contributed by atoms with Gasteiger partial charge in [0.05, 0.1) is 12.7 Å². The minimum absolute atomic E-state index is 0.281. The molecule has 0 spiro atoms. The first-order valence-electron chi connectivity index (χ1n) is 7.31. The molecule has 0 aromatic carbocycles. The average molecular weight is 265 g/mol. The summed E-state index contributed by atoms with van der Waals surface area (Å²) in [5, 5.41) is 3.65. The van der Waals surface area contributed by atoms with Crippen molar-refractivity contribution in [2.45, 2.75) is 59.7 Å². The number of oxazole rings is 1. The summed E-state index contributed by atoms with van der Waals surface area (Å²) in [5.74, 6) is 1.82. The number of nitrogens with zero attached hydrogens (tertiary/aromatic N) is 2. The molecule has 19 heavy (non-hydrogen) atoms. The van der Waals surface area contributed by atoms with Gasteiger partial charge in [-0.1, -0.05) is 27.7 Å². The Hall–Kier alpha value is -0.870. The van der Waals surface area contributed by atoms with E-state index in [2.05, 4.69) is 49.8 Å². The number of aromatic nitrogens is 1. The largest absolute Gasteiger partial charge is 0.444 e. The summed E-state index contributed by atoms with van der Waals surface area (Å²) in [6.45, 7) is 14.1. The SMILES string of the molecule is CCc1cnc(CN2CC(C(C)(C)C)NCC2C)o1. The Labute approximate surface area is 116 Å². The smallest absolute Gasteiger partial charge is 0.208 e. The van der Waals surface area contributed by atoms with Crippen molar-refractivity contribution in [3.05, 3.63) is 17.8 Å². The van der Waals surface area contributed by atoms with Gasteiger partial charge in [0.25, 0.3) is 0 Å². The summed E-state index contributed by atoms with van der Waals surface area (Å²) in [7, 11) is 0. The lowest BCUT2D eigenvalue weighted by Gasteiger charge is -2.43. The summed E-state index contributed by atoms with van der Waals surface area (Å²) < 4.78 is 5.73. The molecular formula is C15H27N3O. The van der Waals surface area contributed by atoms with Crippen molar-refractivity contribution in [2.75, 3.05) is 13.1 Å². The predicted molar refractivity (Wildman–Crippen MR) is 77.0 cm³/mol. The van der Waals surface area contributed by atoms with Crippen molar-refractivity contribution < 1.29 is 4.42 Å². The van der Waals surface area contributed by atoms with E-state index in [1.54, 1.807) is 0 Å². The molecule has 2 unspecified atom stereocenters. The molecule has 2 heterocycles. The molecule has 2 rings (SSSR count). The fourth-order valence-electron chi connectivity index (χ4n) is 2.48. The van der Waals surface area contributed by atoms with E-state index in [0.29, 0.717) is 12.1 Å². The van der Waals surface area contributed by atoms with E-state index < -0.39 is 0 Å². The van der Waals surface area contributed by atoms with Gasteiger partial charge in [-0.05, 0) is 12.3 Å². The summed E-state index contributed by atoms with van der Waals surface area (Å²) >= 11 is 0. The normalized spacial score (nSPS) is 25.7. The van der Waals surface area contributed by atoms with Gasteiger partial charge in [-0.3, -0.25) is 4.90 Å².